The molecule has 1 heterocycles. The Balaban J connectivity index is 2.08. The minimum absolute atomic E-state index is 0.0429. The van der Waals surface area contributed by atoms with E-state index in [-0.39, 0.29) is 4.90 Å². The molecule has 0 bridgehead atoms. The molecule has 18 heavy (non-hydrogen) atoms. The van der Waals surface area contributed by atoms with Crippen LogP contribution in [0.4, 0.5) is 0 Å². The number of hydrogen-bond donors (Lipinski definition) is 0. The number of hydrogen-bond acceptors (Lipinski definition) is 6. The van der Waals surface area contributed by atoms with E-state index < -0.39 is 10.1 Å². The summed E-state index contributed by atoms with van der Waals surface area (Å²) in [6, 6.07) is 7.76. The SMILES string of the molecule is Cn1cc(C=NOS(=O)(=O)c2ccccc2)nn1. The molecular formula is C10H10N4O3S. The molecule has 0 saturated carbocycles. The highest BCUT2D eigenvalue weighted by Crippen LogP contribution is 2.11. The first-order valence-corrected chi connectivity index (χ1v) is 6.37. The van der Waals surface area contributed by atoms with Crippen molar-refractivity contribution < 1.29 is 12.7 Å². The van der Waals surface area contributed by atoms with Crippen molar-refractivity contribution in [1.82, 2.24) is 15.0 Å². The third kappa shape index (κ3) is 2.92. The second-order valence-corrected chi connectivity index (χ2v) is 4.92. The molecule has 0 N–H and O–H groups in total. The Hall–Kier alpha value is -2.22. The lowest BCUT2D eigenvalue weighted by atomic mass is 10.4. The number of nitrogens with zero attached hydrogens (tertiary/aromatic N) is 4. The fourth-order valence-corrected chi connectivity index (χ4v) is 1.92. The van der Waals surface area contributed by atoms with Gasteiger partial charge in [-0.25, -0.2) is 0 Å². The molecule has 0 atom stereocenters. The number of benzene rings is 1. The first kappa shape index (κ1) is 12.2. The van der Waals surface area contributed by atoms with Crippen molar-refractivity contribution in [1.29, 1.82) is 0 Å². The van der Waals surface area contributed by atoms with E-state index in [0.29, 0.717) is 5.69 Å². The molecule has 7 nitrogen and oxygen atoms in total. The minimum atomic E-state index is -3.88. The van der Waals surface area contributed by atoms with Gasteiger partial charge in [0.15, 0.2) is 0 Å². The second kappa shape index (κ2) is 4.96. The van der Waals surface area contributed by atoms with Gasteiger partial charge in [0.25, 0.3) is 0 Å². The van der Waals surface area contributed by atoms with E-state index in [9.17, 15) is 8.42 Å². The fourth-order valence-electron chi connectivity index (χ4n) is 1.19. The van der Waals surface area contributed by atoms with Gasteiger partial charge in [0.1, 0.15) is 10.6 Å². The Kier molecular flexibility index (Phi) is 3.38. The average molecular weight is 266 g/mol. The third-order valence-corrected chi connectivity index (χ3v) is 3.11. The monoisotopic (exact) mass is 266 g/mol. The van der Waals surface area contributed by atoms with E-state index in [0.717, 1.165) is 0 Å². The van der Waals surface area contributed by atoms with Gasteiger partial charge in [0, 0.05) is 7.05 Å². The van der Waals surface area contributed by atoms with Crippen LogP contribution < -0.4 is 0 Å². The van der Waals surface area contributed by atoms with E-state index in [1.165, 1.54) is 23.0 Å². The van der Waals surface area contributed by atoms with Crippen LogP contribution in [0, 0.1) is 0 Å². The molecule has 0 aliphatic rings. The van der Waals surface area contributed by atoms with Gasteiger partial charge in [-0.15, -0.1) is 5.10 Å². The van der Waals surface area contributed by atoms with E-state index in [4.69, 9.17) is 0 Å². The Bertz CT molecular complexity index is 649. The molecule has 0 fully saturated rings. The van der Waals surface area contributed by atoms with Crippen LogP contribution in [0.3, 0.4) is 0 Å². The number of aryl methyl sites for hydroxylation is 1. The summed E-state index contributed by atoms with van der Waals surface area (Å²) >= 11 is 0. The summed E-state index contributed by atoms with van der Waals surface area (Å²) in [6.45, 7) is 0. The summed E-state index contributed by atoms with van der Waals surface area (Å²) in [4.78, 5) is 0.0429. The van der Waals surface area contributed by atoms with Gasteiger partial charge in [0.2, 0.25) is 0 Å². The zero-order valence-corrected chi connectivity index (χ0v) is 10.3. The molecule has 2 rings (SSSR count). The van der Waals surface area contributed by atoms with Crippen molar-refractivity contribution in [2.24, 2.45) is 12.2 Å². The molecule has 0 spiro atoms. The standard InChI is InChI=1S/C10H10N4O3S/c1-14-8-9(12-13-14)7-11-17-18(15,16)10-5-3-2-4-6-10/h2-8H,1H3. The van der Waals surface area contributed by atoms with Crippen molar-refractivity contribution in [3.05, 3.63) is 42.2 Å². The Morgan fingerprint density at radius 2 is 2.06 bits per heavy atom. The smallest absolute Gasteiger partial charge is 0.265 e. The Labute approximate surface area is 104 Å². The highest BCUT2D eigenvalue weighted by molar-refractivity contribution is 7.86. The van der Waals surface area contributed by atoms with Crippen LogP contribution in [-0.2, 0) is 21.4 Å². The summed E-state index contributed by atoms with van der Waals surface area (Å²) in [7, 11) is -2.19. The van der Waals surface area contributed by atoms with Crippen LogP contribution in [-0.4, -0.2) is 29.6 Å². The van der Waals surface area contributed by atoms with E-state index >= 15 is 0 Å². The molecule has 8 heteroatoms. The van der Waals surface area contributed by atoms with Crippen LogP contribution in [0.25, 0.3) is 0 Å². The van der Waals surface area contributed by atoms with Gasteiger partial charge in [-0.2, -0.15) is 8.42 Å². The summed E-state index contributed by atoms with van der Waals surface area (Å²) in [5.74, 6) is 0. The van der Waals surface area contributed by atoms with Crippen molar-refractivity contribution in [3.63, 3.8) is 0 Å². The molecule has 0 aliphatic carbocycles. The topological polar surface area (TPSA) is 86.4 Å². The third-order valence-electron chi connectivity index (χ3n) is 1.98. The fraction of sp³-hybridized carbons (Fsp3) is 0.100. The lowest BCUT2D eigenvalue weighted by Gasteiger charge is -1.99. The molecule has 0 radical (unpaired) electrons. The van der Waals surface area contributed by atoms with Crippen molar-refractivity contribution >= 4 is 16.3 Å². The molecular weight excluding hydrogens is 256 g/mol. The second-order valence-electron chi connectivity index (χ2n) is 3.39. The maximum Gasteiger partial charge on any atom is 0.358 e. The molecule has 0 aliphatic heterocycles. The molecule has 0 amide bonds. The lowest BCUT2D eigenvalue weighted by Crippen LogP contribution is -2.02. The highest BCUT2D eigenvalue weighted by Gasteiger charge is 2.14. The zero-order valence-electron chi connectivity index (χ0n) is 9.46. The molecule has 1 aromatic heterocycles. The Morgan fingerprint density at radius 3 is 2.67 bits per heavy atom. The first-order chi connectivity index (χ1) is 8.58. The summed E-state index contributed by atoms with van der Waals surface area (Å²) < 4.78 is 29.3. The average Bonchev–Trinajstić information content (AvgIpc) is 2.76. The maximum atomic E-state index is 11.7. The van der Waals surface area contributed by atoms with Crippen LogP contribution in [0.15, 0.2) is 46.6 Å². The van der Waals surface area contributed by atoms with Crippen molar-refractivity contribution in [2.45, 2.75) is 4.90 Å². The predicted octanol–water partition coefficient (Wildman–Crippen LogP) is 0.555. The number of rotatable bonds is 4. The maximum absolute atomic E-state index is 11.7. The van der Waals surface area contributed by atoms with Crippen LogP contribution >= 0.6 is 0 Å². The quantitative estimate of drug-likeness (QED) is 0.596. The summed E-state index contributed by atoms with van der Waals surface area (Å²) in [5, 5.41) is 10.7. The van der Waals surface area contributed by atoms with E-state index in [1.54, 1.807) is 31.4 Å². The Morgan fingerprint density at radius 1 is 1.33 bits per heavy atom. The van der Waals surface area contributed by atoms with Crippen molar-refractivity contribution in [2.75, 3.05) is 0 Å². The molecule has 1 aromatic carbocycles. The number of aromatic nitrogens is 3. The van der Waals surface area contributed by atoms with E-state index in [1.807, 2.05) is 0 Å². The van der Waals surface area contributed by atoms with Gasteiger partial charge in [0.05, 0.1) is 12.4 Å². The molecule has 0 unspecified atom stereocenters. The van der Waals surface area contributed by atoms with Gasteiger partial charge < -0.3 is 0 Å². The lowest BCUT2D eigenvalue weighted by molar-refractivity contribution is 0.341. The van der Waals surface area contributed by atoms with Gasteiger partial charge >= 0.3 is 10.1 Å². The largest absolute Gasteiger partial charge is 0.358 e. The van der Waals surface area contributed by atoms with Crippen molar-refractivity contribution in [3.8, 4) is 0 Å². The summed E-state index contributed by atoms with van der Waals surface area (Å²) in [6.07, 6.45) is 2.75. The number of oxime groups is 1. The predicted molar refractivity (Wildman–Crippen MR) is 63.3 cm³/mol. The first-order valence-electron chi connectivity index (χ1n) is 4.96. The van der Waals surface area contributed by atoms with Gasteiger partial charge in [-0.1, -0.05) is 28.6 Å². The molecule has 94 valence electrons. The van der Waals surface area contributed by atoms with Gasteiger partial charge in [-0.05, 0) is 12.1 Å². The normalized spacial score (nSPS) is 11.8. The van der Waals surface area contributed by atoms with Gasteiger partial charge in [-0.3, -0.25) is 8.97 Å². The minimum Gasteiger partial charge on any atom is -0.265 e. The van der Waals surface area contributed by atoms with E-state index in [2.05, 4.69) is 19.8 Å². The van der Waals surface area contributed by atoms with Crippen LogP contribution in [0.1, 0.15) is 5.69 Å². The molecule has 0 saturated heterocycles. The molecule has 2 aromatic rings. The summed E-state index contributed by atoms with van der Waals surface area (Å²) in [5.41, 5.74) is 0.403. The zero-order chi connectivity index (χ0) is 13.0. The highest BCUT2D eigenvalue weighted by atomic mass is 32.2. The van der Waals surface area contributed by atoms with Crippen LogP contribution in [0.5, 0.6) is 0 Å². The van der Waals surface area contributed by atoms with Crippen LogP contribution in [0.2, 0.25) is 0 Å².